The Balaban J connectivity index is 1.81. The molecule has 0 aliphatic carbocycles. The van der Waals surface area contributed by atoms with Gasteiger partial charge in [0.25, 0.3) is 0 Å². The maximum atomic E-state index is 13.0. The maximum Gasteiger partial charge on any atom is 0.336 e. The number of amides is 1. The highest BCUT2D eigenvalue weighted by atomic mass is 35.5. The summed E-state index contributed by atoms with van der Waals surface area (Å²) in [6, 6.07) is 12.4. The third-order valence-electron chi connectivity index (χ3n) is 4.99. The molecule has 2 aliphatic heterocycles. The minimum Gasteiger partial charge on any atom is -0.493 e. The van der Waals surface area contributed by atoms with Crippen LogP contribution in [0, 0.1) is 0 Å². The van der Waals surface area contributed by atoms with Gasteiger partial charge in [-0.3, -0.25) is 9.69 Å². The van der Waals surface area contributed by atoms with Gasteiger partial charge in [-0.2, -0.15) is 0 Å². The van der Waals surface area contributed by atoms with Gasteiger partial charge in [0.15, 0.2) is 11.5 Å². The number of hydrogen-bond acceptors (Lipinski definition) is 5. The first kappa shape index (κ1) is 18.4. The Hall–Kier alpha value is -2.99. The summed E-state index contributed by atoms with van der Waals surface area (Å²) in [7, 11) is 3.10. The van der Waals surface area contributed by atoms with Crippen LogP contribution in [-0.4, -0.2) is 32.7 Å². The Morgan fingerprint density at radius 2 is 1.86 bits per heavy atom. The predicted octanol–water partition coefficient (Wildman–Crippen LogP) is 3.69. The molecule has 28 heavy (non-hydrogen) atoms. The summed E-state index contributed by atoms with van der Waals surface area (Å²) >= 11 is 6.09. The molecule has 4 rings (SSSR count). The highest BCUT2D eigenvalue weighted by Crippen LogP contribution is 2.43. The number of rotatable bonds is 4. The van der Waals surface area contributed by atoms with E-state index in [-0.39, 0.29) is 18.9 Å². The molecule has 0 bridgehead atoms. The normalized spacial score (nSPS) is 18.8. The minimum atomic E-state index is -0.409. The number of cyclic esters (lactones) is 1. The van der Waals surface area contributed by atoms with Crippen molar-refractivity contribution in [3.63, 3.8) is 0 Å². The van der Waals surface area contributed by atoms with E-state index in [9.17, 15) is 9.59 Å². The van der Waals surface area contributed by atoms with Gasteiger partial charge in [0, 0.05) is 17.4 Å². The molecule has 144 valence electrons. The average molecular weight is 400 g/mol. The molecule has 0 aromatic heterocycles. The smallest absolute Gasteiger partial charge is 0.336 e. The Morgan fingerprint density at radius 1 is 1.07 bits per heavy atom. The van der Waals surface area contributed by atoms with Crippen LogP contribution in [0.3, 0.4) is 0 Å². The van der Waals surface area contributed by atoms with E-state index in [0.717, 1.165) is 5.56 Å². The van der Waals surface area contributed by atoms with Gasteiger partial charge in [-0.15, -0.1) is 0 Å². The largest absolute Gasteiger partial charge is 0.493 e. The molecule has 0 N–H and O–H groups in total. The topological polar surface area (TPSA) is 65.1 Å². The Bertz CT molecular complexity index is 1000. The fourth-order valence-electron chi connectivity index (χ4n) is 3.72. The molecule has 0 saturated carbocycles. The van der Waals surface area contributed by atoms with E-state index < -0.39 is 11.9 Å². The first-order chi connectivity index (χ1) is 13.5. The summed E-state index contributed by atoms with van der Waals surface area (Å²) in [6.45, 7) is 0.0518. The minimum absolute atomic E-state index is 0.0518. The predicted molar refractivity (Wildman–Crippen MR) is 104 cm³/mol. The second kappa shape index (κ2) is 7.20. The number of esters is 1. The van der Waals surface area contributed by atoms with Crippen LogP contribution in [0.15, 0.2) is 53.7 Å². The number of benzene rings is 2. The lowest BCUT2D eigenvalue weighted by molar-refractivity contribution is -0.136. The van der Waals surface area contributed by atoms with Gasteiger partial charge < -0.3 is 14.2 Å². The van der Waals surface area contributed by atoms with Crippen LogP contribution in [-0.2, 0) is 14.3 Å². The molecular weight excluding hydrogens is 382 g/mol. The standard InChI is InChI=1S/C21H18ClNO5/c1-26-17-7-6-12(8-18(17)27-2)15-10-19(24)23(14-5-3-4-13(22)9-14)16-11-28-21(25)20(15)16/h3-9,15H,10-11H2,1-2H3/t15-/m1/s1. The molecule has 1 amide bonds. The zero-order chi connectivity index (χ0) is 19.8. The highest BCUT2D eigenvalue weighted by molar-refractivity contribution is 6.31. The van der Waals surface area contributed by atoms with Gasteiger partial charge in [0.2, 0.25) is 5.91 Å². The van der Waals surface area contributed by atoms with Gasteiger partial charge in [-0.25, -0.2) is 4.79 Å². The van der Waals surface area contributed by atoms with Gasteiger partial charge >= 0.3 is 5.97 Å². The lowest BCUT2D eigenvalue weighted by Crippen LogP contribution is -2.37. The monoisotopic (exact) mass is 399 g/mol. The number of carbonyl (C=O) groups is 2. The summed E-state index contributed by atoms with van der Waals surface area (Å²) in [5, 5.41) is 0.514. The molecule has 2 aliphatic rings. The van der Waals surface area contributed by atoms with E-state index >= 15 is 0 Å². The van der Waals surface area contributed by atoms with Crippen molar-refractivity contribution >= 4 is 29.2 Å². The second-order valence-corrected chi connectivity index (χ2v) is 6.95. The van der Waals surface area contributed by atoms with E-state index in [1.54, 1.807) is 50.6 Å². The van der Waals surface area contributed by atoms with Crippen LogP contribution in [0.4, 0.5) is 5.69 Å². The third kappa shape index (κ3) is 2.99. The highest BCUT2D eigenvalue weighted by Gasteiger charge is 2.43. The quantitative estimate of drug-likeness (QED) is 0.733. The second-order valence-electron chi connectivity index (χ2n) is 6.52. The molecular formula is C21H18ClNO5. The molecule has 7 heteroatoms. The van der Waals surface area contributed by atoms with E-state index in [2.05, 4.69) is 0 Å². The van der Waals surface area contributed by atoms with E-state index in [1.807, 2.05) is 6.07 Å². The molecule has 2 aromatic carbocycles. The van der Waals surface area contributed by atoms with Crippen LogP contribution in [0.1, 0.15) is 17.9 Å². The molecule has 0 radical (unpaired) electrons. The first-order valence-electron chi connectivity index (χ1n) is 8.74. The molecule has 6 nitrogen and oxygen atoms in total. The number of methoxy groups -OCH3 is 2. The number of hydrogen-bond donors (Lipinski definition) is 0. The fraction of sp³-hybridized carbons (Fsp3) is 0.238. The van der Waals surface area contributed by atoms with Crippen LogP contribution >= 0.6 is 11.6 Å². The zero-order valence-corrected chi connectivity index (χ0v) is 16.2. The van der Waals surface area contributed by atoms with Crippen LogP contribution < -0.4 is 14.4 Å². The van der Waals surface area contributed by atoms with Crippen molar-refractivity contribution < 1.29 is 23.8 Å². The number of carbonyl (C=O) groups excluding carboxylic acids is 2. The number of nitrogens with zero attached hydrogens (tertiary/aromatic N) is 1. The number of anilines is 1. The maximum absolute atomic E-state index is 13.0. The van der Waals surface area contributed by atoms with Crippen molar-refractivity contribution in [2.24, 2.45) is 0 Å². The van der Waals surface area contributed by atoms with Gasteiger partial charge in [0.05, 0.1) is 31.2 Å². The molecule has 2 heterocycles. The lowest BCUT2D eigenvalue weighted by atomic mass is 9.84. The molecule has 0 saturated heterocycles. The van der Waals surface area contributed by atoms with E-state index in [0.29, 0.717) is 33.5 Å². The van der Waals surface area contributed by atoms with Crippen molar-refractivity contribution in [3.8, 4) is 11.5 Å². The number of ether oxygens (including phenoxy) is 3. The first-order valence-corrected chi connectivity index (χ1v) is 9.12. The van der Waals surface area contributed by atoms with Crippen molar-refractivity contribution in [2.45, 2.75) is 12.3 Å². The Morgan fingerprint density at radius 3 is 2.57 bits per heavy atom. The van der Waals surface area contributed by atoms with E-state index in [1.165, 1.54) is 4.90 Å². The summed E-state index contributed by atoms with van der Waals surface area (Å²) in [6.07, 6.45) is 0.135. The molecule has 0 spiro atoms. The molecule has 0 unspecified atom stereocenters. The fourth-order valence-corrected chi connectivity index (χ4v) is 3.91. The van der Waals surface area contributed by atoms with Gasteiger partial charge in [0.1, 0.15) is 6.61 Å². The Labute approximate surface area is 167 Å². The van der Waals surface area contributed by atoms with Gasteiger partial charge in [-0.1, -0.05) is 23.7 Å². The molecule has 1 atom stereocenters. The van der Waals surface area contributed by atoms with Crippen molar-refractivity contribution in [1.29, 1.82) is 0 Å². The summed E-state index contributed by atoms with van der Waals surface area (Å²) < 4.78 is 15.9. The lowest BCUT2D eigenvalue weighted by Gasteiger charge is -2.32. The van der Waals surface area contributed by atoms with Crippen molar-refractivity contribution in [3.05, 3.63) is 64.3 Å². The van der Waals surface area contributed by atoms with Crippen LogP contribution in [0.25, 0.3) is 0 Å². The van der Waals surface area contributed by atoms with Crippen molar-refractivity contribution in [1.82, 2.24) is 0 Å². The third-order valence-corrected chi connectivity index (χ3v) is 5.23. The zero-order valence-electron chi connectivity index (χ0n) is 15.4. The van der Waals surface area contributed by atoms with Gasteiger partial charge in [-0.05, 0) is 35.9 Å². The average Bonchev–Trinajstić information content (AvgIpc) is 3.08. The Kier molecular flexibility index (Phi) is 4.73. The summed E-state index contributed by atoms with van der Waals surface area (Å²) in [4.78, 5) is 27.1. The van der Waals surface area contributed by atoms with E-state index in [4.69, 9.17) is 25.8 Å². The SMILES string of the molecule is COc1ccc([C@H]2CC(=O)N(c3cccc(Cl)c3)C3=C2C(=O)OC3)cc1OC. The summed E-state index contributed by atoms with van der Waals surface area (Å²) in [5.74, 6) is 0.177. The van der Waals surface area contributed by atoms with Crippen molar-refractivity contribution in [2.75, 3.05) is 25.7 Å². The molecule has 2 aromatic rings. The van der Waals surface area contributed by atoms with Crippen LogP contribution in [0.2, 0.25) is 5.02 Å². The molecule has 0 fully saturated rings. The summed E-state index contributed by atoms with van der Waals surface area (Å²) in [5.41, 5.74) is 2.47. The van der Waals surface area contributed by atoms with Crippen LogP contribution in [0.5, 0.6) is 11.5 Å². The number of halogens is 1.